The Balaban J connectivity index is 2.30. The van der Waals surface area contributed by atoms with Gasteiger partial charge in [0.25, 0.3) is 10.1 Å². The van der Waals surface area contributed by atoms with Gasteiger partial charge in [-0.1, -0.05) is 0 Å². The molecule has 1 atom stereocenters. The first-order valence-electron chi connectivity index (χ1n) is 3.26. The Morgan fingerprint density at radius 3 is 2.83 bits per heavy atom. The lowest BCUT2D eigenvalue weighted by Gasteiger charge is -2.05. The van der Waals surface area contributed by atoms with Crippen molar-refractivity contribution in [3.05, 3.63) is 0 Å². The molecule has 1 rings (SSSR count). The summed E-state index contributed by atoms with van der Waals surface area (Å²) >= 11 is 0. The van der Waals surface area contributed by atoms with Gasteiger partial charge in [0.15, 0.2) is 0 Å². The first-order chi connectivity index (χ1) is 5.47. The molecule has 7 heteroatoms. The van der Waals surface area contributed by atoms with E-state index in [1.54, 1.807) is 0 Å². The first kappa shape index (κ1) is 9.27. The Labute approximate surface area is 70.0 Å². The normalized spacial score (nSPS) is 23.4. The van der Waals surface area contributed by atoms with Gasteiger partial charge in [-0.25, -0.2) is 4.79 Å². The second-order valence-electron chi connectivity index (χ2n) is 2.40. The van der Waals surface area contributed by atoms with Crippen LogP contribution in [0.2, 0.25) is 0 Å². The van der Waals surface area contributed by atoms with Gasteiger partial charge in [-0.15, -0.1) is 0 Å². The highest BCUT2D eigenvalue weighted by Gasteiger charge is 2.23. The van der Waals surface area contributed by atoms with Crippen LogP contribution in [0, 0.1) is 0 Å². The maximum absolute atomic E-state index is 10.5. The Morgan fingerprint density at radius 2 is 2.42 bits per heavy atom. The summed E-state index contributed by atoms with van der Waals surface area (Å²) in [5.74, 6) is 0. The fourth-order valence-electron chi connectivity index (χ4n) is 0.724. The van der Waals surface area contributed by atoms with Crippen molar-refractivity contribution in [2.24, 2.45) is 0 Å². The predicted octanol–water partition coefficient (Wildman–Crippen LogP) is -0.929. The zero-order chi connectivity index (χ0) is 9.19. The van der Waals surface area contributed by atoms with Gasteiger partial charge >= 0.3 is 6.09 Å². The molecule has 1 amide bonds. The van der Waals surface area contributed by atoms with Crippen molar-refractivity contribution < 1.29 is 22.1 Å². The lowest BCUT2D eigenvalue weighted by atomic mass is 10.4. The zero-order valence-corrected chi connectivity index (χ0v) is 7.26. The molecular formula is C5H9NO5S. The lowest BCUT2D eigenvalue weighted by Crippen LogP contribution is -2.22. The summed E-state index contributed by atoms with van der Waals surface area (Å²) in [6.07, 6.45) is -0.110. The van der Waals surface area contributed by atoms with E-state index in [9.17, 15) is 13.2 Å². The quantitative estimate of drug-likeness (QED) is 0.588. The molecule has 12 heavy (non-hydrogen) atoms. The van der Waals surface area contributed by atoms with E-state index in [0.717, 1.165) is 6.26 Å². The number of cyclic esters (lactones) is 1. The van der Waals surface area contributed by atoms with E-state index in [2.05, 4.69) is 14.2 Å². The summed E-state index contributed by atoms with van der Waals surface area (Å²) in [6, 6.07) is 0. The SMILES string of the molecule is CS(=O)(=O)OCC1CNC(=O)O1. The van der Waals surface area contributed by atoms with Crippen LogP contribution < -0.4 is 5.32 Å². The van der Waals surface area contributed by atoms with Gasteiger partial charge in [0.05, 0.1) is 12.8 Å². The summed E-state index contributed by atoms with van der Waals surface area (Å²) < 4.78 is 30.0. The number of rotatable bonds is 3. The van der Waals surface area contributed by atoms with Crippen LogP contribution in [0.3, 0.4) is 0 Å². The van der Waals surface area contributed by atoms with Gasteiger partial charge in [0.1, 0.15) is 12.7 Å². The minimum absolute atomic E-state index is 0.127. The molecule has 0 saturated carbocycles. The van der Waals surface area contributed by atoms with E-state index in [1.807, 2.05) is 0 Å². The molecule has 70 valence electrons. The maximum atomic E-state index is 10.5. The molecule has 1 N–H and O–H groups in total. The van der Waals surface area contributed by atoms with Gasteiger partial charge < -0.3 is 10.1 Å². The Morgan fingerprint density at radius 1 is 1.75 bits per heavy atom. The molecule has 0 spiro atoms. The number of amides is 1. The highest BCUT2D eigenvalue weighted by molar-refractivity contribution is 7.85. The lowest BCUT2D eigenvalue weighted by molar-refractivity contribution is 0.107. The minimum Gasteiger partial charge on any atom is -0.442 e. The van der Waals surface area contributed by atoms with Crippen molar-refractivity contribution in [2.75, 3.05) is 19.4 Å². The first-order valence-corrected chi connectivity index (χ1v) is 5.08. The van der Waals surface area contributed by atoms with Crippen LogP contribution in [0.15, 0.2) is 0 Å². The van der Waals surface area contributed by atoms with Crippen molar-refractivity contribution in [3.8, 4) is 0 Å². The fraction of sp³-hybridized carbons (Fsp3) is 0.800. The number of nitrogens with one attached hydrogen (secondary N) is 1. The second-order valence-corrected chi connectivity index (χ2v) is 4.04. The molecule has 1 saturated heterocycles. The molecule has 1 heterocycles. The number of hydrogen-bond acceptors (Lipinski definition) is 5. The third kappa shape index (κ3) is 3.05. The number of ether oxygens (including phenoxy) is 1. The number of carbonyl (C=O) groups is 1. The second kappa shape index (κ2) is 3.28. The van der Waals surface area contributed by atoms with E-state index in [1.165, 1.54) is 0 Å². The maximum Gasteiger partial charge on any atom is 0.407 e. The zero-order valence-electron chi connectivity index (χ0n) is 6.44. The monoisotopic (exact) mass is 195 g/mol. The molecular weight excluding hydrogens is 186 g/mol. The van der Waals surface area contributed by atoms with Crippen molar-refractivity contribution in [1.29, 1.82) is 0 Å². The van der Waals surface area contributed by atoms with Crippen molar-refractivity contribution >= 4 is 16.2 Å². The summed E-state index contributed by atoms with van der Waals surface area (Å²) in [5, 5.41) is 2.37. The Kier molecular flexibility index (Phi) is 2.53. The van der Waals surface area contributed by atoms with E-state index in [4.69, 9.17) is 0 Å². The van der Waals surface area contributed by atoms with Crippen LogP contribution >= 0.6 is 0 Å². The van der Waals surface area contributed by atoms with Crippen molar-refractivity contribution in [1.82, 2.24) is 5.32 Å². The minimum atomic E-state index is -3.45. The smallest absolute Gasteiger partial charge is 0.407 e. The molecule has 0 aromatic rings. The van der Waals surface area contributed by atoms with Crippen LogP contribution in [-0.4, -0.2) is 40.0 Å². The number of hydrogen-bond donors (Lipinski definition) is 1. The van der Waals surface area contributed by atoms with Crippen molar-refractivity contribution in [2.45, 2.75) is 6.10 Å². The van der Waals surface area contributed by atoms with Crippen LogP contribution in [-0.2, 0) is 19.0 Å². The molecule has 0 bridgehead atoms. The summed E-state index contributed by atoms with van der Waals surface area (Å²) in [4.78, 5) is 10.4. The summed E-state index contributed by atoms with van der Waals surface area (Å²) in [5.41, 5.74) is 0. The number of carbonyl (C=O) groups excluding carboxylic acids is 1. The van der Waals surface area contributed by atoms with E-state index >= 15 is 0 Å². The van der Waals surface area contributed by atoms with Crippen molar-refractivity contribution in [3.63, 3.8) is 0 Å². The molecule has 0 aliphatic carbocycles. The predicted molar refractivity (Wildman–Crippen MR) is 39.1 cm³/mol. The third-order valence-electron chi connectivity index (χ3n) is 1.22. The van der Waals surface area contributed by atoms with E-state index < -0.39 is 22.3 Å². The number of alkyl carbamates (subject to hydrolysis) is 1. The molecule has 0 aromatic heterocycles. The van der Waals surface area contributed by atoms with Crippen LogP contribution in [0.5, 0.6) is 0 Å². The molecule has 1 unspecified atom stereocenters. The average Bonchev–Trinajstić information content (AvgIpc) is 2.30. The van der Waals surface area contributed by atoms with Gasteiger partial charge in [0.2, 0.25) is 0 Å². The topological polar surface area (TPSA) is 81.7 Å². The average molecular weight is 195 g/mol. The van der Waals surface area contributed by atoms with E-state index in [0.29, 0.717) is 0 Å². The summed E-state index contributed by atoms with van der Waals surface area (Å²) in [7, 11) is -3.45. The highest BCUT2D eigenvalue weighted by atomic mass is 32.2. The van der Waals surface area contributed by atoms with Crippen LogP contribution in [0.1, 0.15) is 0 Å². The van der Waals surface area contributed by atoms with Gasteiger partial charge in [-0.2, -0.15) is 8.42 Å². The molecule has 1 aliphatic rings. The Hall–Kier alpha value is -0.820. The van der Waals surface area contributed by atoms with Gasteiger partial charge in [-0.05, 0) is 0 Å². The molecule has 6 nitrogen and oxygen atoms in total. The van der Waals surface area contributed by atoms with Gasteiger partial charge in [0, 0.05) is 0 Å². The standard InChI is InChI=1S/C5H9NO5S/c1-12(8,9)10-3-4-2-6-5(7)11-4/h4H,2-3H2,1H3,(H,6,7). The van der Waals surface area contributed by atoms with Gasteiger partial charge in [-0.3, -0.25) is 4.18 Å². The molecule has 1 fully saturated rings. The van der Waals surface area contributed by atoms with E-state index in [-0.39, 0.29) is 13.2 Å². The highest BCUT2D eigenvalue weighted by Crippen LogP contribution is 2.01. The largest absolute Gasteiger partial charge is 0.442 e. The Bertz CT molecular complexity index is 272. The molecule has 0 radical (unpaired) electrons. The fourth-order valence-corrected chi connectivity index (χ4v) is 1.12. The third-order valence-corrected chi connectivity index (χ3v) is 1.78. The molecule has 1 aliphatic heterocycles. The molecule has 0 aromatic carbocycles. The van der Waals surface area contributed by atoms with Crippen LogP contribution in [0.25, 0.3) is 0 Å². The van der Waals surface area contributed by atoms with Crippen LogP contribution in [0.4, 0.5) is 4.79 Å². The summed E-state index contributed by atoms with van der Waals surface area (Å²) in [6.45, 7) is 0.159.